The van der Waals surface area contributed by atoms with Gasteiger partial charge in [-0.05, 0) is 63.7 Å². The number of aryl methyl sites for hydroxylation is 1. The molecule has 0 aliphatic carbocycles. The van der Waals surface area contributed by atoms with Crippen LogP contribution < -0.4 is 15.4 Å². The molecule has 5 rings (SSSR count). The summed E-state index contributed by atoms with van der Waals surface area (Å²) in [6.07, 6.45) is 0. The number of hydrogen-bond donors (Lipinski definition) is 2. The van der Waals surface area contributed by atoms with Gasteiger partial charge in [0.1, 0.15) is 29.6 Å². The van der Waals surface area contributed by atoms with Gasteiger partial charge in [0, 0.05) is 23.2 Å². The first-order valence-electron chi connectivity index (χ1n) is 11.4. The third-order valence-electron chi connectivity index (χ3n) is 5.87. The lowest BCUT2D eigenvalue weighted by molar-refractivity contribution is -0.124. The Hall–Kier alpha value is -4.02. The summed E-state index contributed by atoms with van der Waals surface area (Å²) in [6, 6.07) is 11.5. The zero-order valence-electron chi connectivity index (χ0n) is 20.3. The molecule has 36 heavy (non-hydrogen) atoms. The van der Waals surface area contributed by atoms with E-state index in [0.717, 1.165) is 28.3 Å². The molecule has 0 atom stereocenters. The van der Waals surface area contributed by atoms with Crippen LogP contribution >= 0.6 is 11.3 Å². The fraction of sp³-hybridized carbons (Fsp3) is 0.231. The Kier molecular flexibility index (Phi) is 6.29. The number of hydrogen-bond acceptors (Lipinski definition) is 9. The SMILES string of the molecule is CC1=C(Nc2nc(-c3cccs3)nc3oc(-c4ccc(OCCN(C)C)cc4)c(C)c23)C(=O)NC1=O. The predicted molar refractivity (Wildman–Crippen MR) is 139 cm³/mol. The first-order chi connectivity index (χ1) is 17.3. The fourth-order valence-electron chi connectivity index (χ4n) is 3.88. The maximum absolute atomic E-state index is 12.4. The van der Waals surface area contributed by atoms with Gasteiger partial charge >= 0.3 is 0 Å². The molecule has 1 aromatic carbocycles. The van der Waals surface area contributed by atoms with Crippen LogP contribution in [0.2, 0.25) is 0 Å². The van der Waals surface area contributed by atoms with Gasteiger partial charge in [-0.25, -0.2) is 4.98 Å². The topological polar surface area (TPSA) is 110 Å². The van der Waals surface area contributed by atoms with Crippen LogP contribution in [0.3, 0.4) is 0 Å². The third-order valence-corrected chi connectivity index (χ3v) is 6.73. The number of nitrogens with one attached hydrogen (secondary N) is 2. The van der Waals surface area contributed by atoms with E-state index < -0.39 is 11.8 Å². The first-order valence-corrected chi connectivity index (χ1v) is 12.3. The van der Waals surface area contributed by atoms with Crippen molar-refractivity contribution in [2.45, 2.75) is 13.8 Å². The lowest BCUT2D eigenvalue weighted by Gasteiger charge is -2.11. The lowest BCUT2D eigenvalue weighted by Crippen LogP contribution is -2.24. The number of anilines is 1. The summed E-state index contributed by atoms with van der Waals surface area (Å²) < 4.78 is 12.0. The van der Waals surface area contributed by atoms with E-state index in [1.165, 1.54) is 11.3 Å². The molecule has 184 valence electrons. The third kappa shape index (κ3) is 4.48. The van der Waals surface area contributed by atoms with E-state index in [2.05, 4.69) is 20.5 Å². The molecular weight excluding hydrogens is 478 g/mol. The number of carbonyl (C=O) groups is 2. The molecule has 2 N–H and O–H groups in total. The zero-order valence-corrected chi connectivity index (χ0v) is 21.2. The largest absolute Gasteiger partial charge is 0.492 e. The van der Waals surface area contributed by atoms with Crippen molar-refractivity contribution in [2.75, 3.05) is 32.6 Å². The highest BCUT2D eigenvalue weighted by Gasteiger charge is 2.29. The number of imide groups is 1. The Balaban J connectivity index is 1.56. The van der Waals surface area contributed by atoms with Crippen molar-refractivity contribution < 1.29 is 18.7 Å². The zero-order chi connectivity index (χ0) is 25.4. The lowest BCUT2D eigenvalue weighted by atomic mass is 10.1. The van der Waals surface area contributed by atoms with Crippen LogP contribution in [0.4, 0.5) is 5.82 Å². The highest BCUT2D eigenvalue weighted by atomic mass is 32.1. The molecule has 0 saturated heterocycles. The number of benzene rings is 1. The van der Waals surface area contributed by atoms with Crippen LogP contribution in [0, 0.1) is 6.92 Å². The van der Waals surface area contributed by atoms with E-state index in [-0.39, 0.29) is 5.70 Å². The number of fused-ring (bicyclic) bond motifs is 1. The fourth-order valence-corrected chi connectivity index (χ4v) is 4.54. The van der Waals surface area contributed by atoms with E-state index in [1.807, 2.05) is 62.8 Å². The van der Waals surface area contributed by atoms with Crippen molar-refractivity contribution in [1.29, 1.82) is 0 Å². The van der Waals surface area contributed by atoms with Crippen molar-refractivity contribution in [1.82, 2.24) is 20.2 Å². The molecule has 4 aromatic rings. The summed E-state index contributed by atoms with van der Waals surface area (Å²) >= 11 is 1.50. The van der Waals surface area contributed by atoms with Gasteiger partial charge in [-0.2, -0.15) is 4.98 Å². The second-order valence-electron chi connectivity index (χ2n) is 8.69. The molecular formula is C26H25N5O4S. The Morgan fingerprint density at radius 1 is 1.08 bits per heavy atom. The van der Waals surface area contributed by atoms with Crippen molar-refractivity contribution in [3.8, 4) is 27.8 Å². The second kappa shape index (κ2) is 9.56. The summed E-state index contributed by atoms with van der Waals surface area (Å²) in [4.78, 5) is 36.7. The number of thiophene rings is 1. The summed E-state index contributed by atoms with van der Waals surface area (Å²) in [5, 5.41) is 7.96. The van der Waals surface area contributed by atoms with Gasteiger partial charge in [0.25, 0.3) is 11.8 Å². The molecule has 4 heterocycles. The van der Waals surface area contributed by atoms with Crippen LogP contribution in [0.15, 0.2) is 57.5 Å². The molecule has 0 spiro atoms. The van der Waals surface area contributed by atoms with Crippen molar-refractivity contribution >= 4 is 40.1 Å². The average molecular weight is 504 g/mol. The number of likely N-dealkylation sites (N-methyl/N-ethyl adjacent to an activating group) is 1. The van der Waals surface area contributed by atoms with Crippen molar-refractivity contribution in [3.63, 3.8) is 0 Å². The normalized spacial score (nSPS) is 13.7. The minimum Gasteiger partial charge on any atom is -0.492 e. The maximum atomic E-state index is 12.4. The average Bonchev–Trinajstić information content (AvgIpc) is 3.55. The number of aromatic nitrogens is 2. The minimum atomic E-state index is -0.492. The van der Waals surface area contributed by atoms with Crippen LogP contribution in [0.5, 0.6) is 5.75 Å². The number of amides is 2. The summed E-state index contributed by atoms with van der Waals surface area (Å²) in [7, 11) is 4.00. The summed E-state index contributed by atoms with van der Waals surface area (Å²) in [5.74, 6) is 1.36. The van der Waals surface area contributed by atoms with Crippen LogP contribution in [-0.4, -0.2) is 53.9 Å². The Morgan fingerprint density at radius 2 is 1.86 bits per heavy atom. The summed E-state index contributed by atoms with van der Waals surface area (Å²) in [6.45, 7) is 4.93. The molecule has 9 nitrogen and oxygen atoms in total. The Morgan fingerprint density at radius 3 is 2.50 bits per heavy atom. The van der Waals surface area contributed by atoms with Gasteiger partial charge in [-0.15, -0.1) is 11.3 Å². The number of carbonyl (C=O) groups excluding carboxylic acids is 2. The van der Waals surface area contributed by atoms with Gasteiger partial charge in [0.05, 0.1) is 10.3 Å². The smallest absolute Gasteiger partial charge is 0.275 e. The van der Waals surface area contributed by atoms with E-state index in [9.17, 15) is 9.59 Å². The second-order valence-corrected chi connectivity index (χ2v) is 9.64. The molecule has 3 aromatic heterocycles. The van der Waals surface area contributed by atoms with Gasteiger partial charge in [0.2, 0.25) is 5.71 Å². The standard InChI is InChI=1S/C26H25N5O4S/c1-14-19-23(27-20-15(2)24(32)30-25(20)33)28-22(18-6-5-13-36-18)29-26(19)35-21(14)16-7-9-17(10-8-16)34-12-11-31(3)4/h5-10,13H,11-12H2,1-4H3,(H2,27,28,29,30,32,33). The number of ether oxygens (including phenoxy) is 1. The summed E-state index contributed by atoms with van der Waals surface area (Å²) in [5.41, 5.74) is 2.53. The van der Waals surface area contributed by atoms with E-state index in [4.69, 9.17) is 14.1 Å². The predicted octanol–water partition coefficient (Wildman–Crippen LogP) is 4.21. The van der Waals surface area contributed by atoms with E-state index in [1.54, 1.807) is 6.92 Å². The van der Waals surface area contributed by atoms with Crippen molar-refractivity contribution in [2.24, 2.45) is 0 Å². The molecule has 1 aliphatic rings. The monoisotopic (exact) mass is 503 g/mol. The quantitative estimate of drug-likeness (QED) is 0.344. The molecule has 0 radical (unpaired) electrons. The first kappa shape index (κ1) is 23.7. The van der Waals surface area contributed by atoms with Gasteiger partial charge < -0.3 is 19.4 Å². The maximum Gasteiger partial charge on any atom is 0.275 e. The Labute approximate surface area is 211 Å². The van der Waals surface area contributed by atoms with E-state index >= 15 is 0 Å². The van der Waals surface area contributed by atoms with Crippen LogP contribution in [0.25, 0.3) is 33.1 Å². The minimum absolute atomic E-state index is 0.165. The highest BCUT2D eigenvalue weighted by Crippen LogP contribution is 2.38. The highest BCUT2D eigenvalue weighted by molar-refractivity contribution is 7.13. The molecule has 0 unspecified atom stereocenters. The molecule has 10 heteroatoms. The molecule has 2 amide bonds. The molecule has 0 saturated carbocycles. The molecule has 1 aliphatic heterocycles. The van der Waals surface area contributed by atoms with Crippen LogP contribution in [-0.2, 0) is 9.59 Å². The van der Waals surface area contributed by atoms with Gasteiger partial charge in [-0.1, -0.05) is 6.07 Å². The van der Waals surface area contributed by atoms with Crippen LogP contribution in [0.1, 0.15) is 12.5 Å². The van der Waals surface area contributed by atoms with Gasteiger partial charge in [-0.3, -0.25) is 14.9 Å². The number of nitrogens with zero attached hydrogens (tertiary/aromatic N) is 3. The van der Waals surface area contributed by atoms with E-state index in [0.29, 0.717) is 40.7 Å². The van der Waals surface area contributed by atoms with Gasteiger partial charge in [0.15, 0.2) is 5.82 Å². The number of rotatable bonds is 8. The number of furan rings is 1. The molecule has 0 bridgehead atoms. The Bertz CT molecular complexity index is 1490. The molecule has 0 fully saturated rings. The van der Waals surface area contributed by atoms with Crippen molar-refractivity contribution in [3.05, 3.63) is 58.6 Å².